The highest BCUT2D eigenvalue weighted by Crippen LogP contribution is 2.39. The number of hydrogen-bond donors (Lipinski definition) is 0. The summed E-state index contributed by atoms with van der Waals surface area (Å²) in [6.07, 6.45) is 3.54. The monoisotopic (exact) mass is 423 g/mol. The average molecular weight is 424 g/mol. The first-order chi connectivity index (χ1) is 14.7. The summed E-state index contributed by atoms with van der Waals surface area (Å²) in [5, 5.41) is 6.97. The Morgan fingerprint density at radius 1 is 1.17 bits per heavy atom. The van der Waals surface area contributed by atoms with Crippen LogP contribution >= 0.6 is 11.3 Å². The van der Waals surface area contributed by atoms with Gasteiger partial charge >= 0.3 is 0 Å². The molecule has 0 aromatic carbocycles. The van der Waals surface area contributed by atoms with E-state index in [1.807, 2.05) is 21.7 Å². The number of pyridine rings is 1. The van der Waals surface area contributed by atoms with Crippen LogP contribution in [0.4, 0.5) is 0 Å². The van der Waals surface area contributed by atoms with Crippen LogP contribution in [0.2, 0.25) is 0 Å². The van der Waals surface area contributed by atoms with Gasteiger partial charge in [0.2, 0.25) is 5.88 Å². The van der Waals surface area contributed by atoms with Crippen molar-refractivity contribution in [1.82, 2.24) is 24.6 Å². The van der Waals surface area contributed by atoms with E-state index in [1.165, 1.54) is 10.4 Å². The molecule has 0 N–H and O–H groups in total. The maximum atomic E-state index is 13.5. The maximum absolute atomic E-state index is 13.5. The molecular formula is C22H25N5O2S. The normalized spacial score (nSPS) is 16.3. The lowest BCUT2D eigenvalue weighted by atomic mass is 9.94. The van der Waals surface area contributed by atoms with Gasteiger partial charge in [0.25, 0.3) is 5.91 Å². The highest BCUT2D eigenvalue weighted by molar-refractivity contribution is 7.10. The Kier molecular flexibility index (Phi) is 5.04. The molecule has 7 nitrogen and oxygen atoms in total. The number of rotatable bonds is 4. The molecule has 0 radical (unpaired) electrons. The fourth-order valence-electron chi connectivity index (χ4n) is 4.34. The summed E-state index contributed by atoms with van der Waals surface area (Å²) in [4.78, 5) is 23.5. The molecule has 3 aromatic heterocycles. The van der Waals surface area contributed by atoms with Crippen LogP contribution in [-0.4, -0.2) is 70.3 Å². The van der Waals surface area contributed by atoms with Crippen LogP contribution in [0.25, 0.3) is 16.9 Å². The van der Waals surface area contributed by atoms with E-state index in [0.29, 0.717) is 11.6 Å². The number of piperazine rings is 1. The summed E-state index contributed by atoms with van der Waals surface area (Å²) in [5.74, 6) is 0.599. The Labute approximate surface area is 179 Å². The molecule has 3 aromatic rings. The second-order valence-electron chi connectivity index (χ2n) is 7.63. The lowest BCUT2D eigenvalue weighted by molar-refractivity contribution is 0.0636. The van der Waals surface area contributed by atoms with Gasteiger partial charge in [-0.2, -0.15) is 5.10 Å². The van der Waals surface area contributed by atoms with Gasteiger partial charge in [-0.3, -0.25) is 4.79 Å². The van der Waals surface area contributed by atoms with E-state index >= 15 is 0 Å². The average Bonchev–Trinajstić information content (AvgIpc) is 3.43. The summed E-state index contributed by atoms with van der Waals surface area (Å²) >= 11 is 1.77. The first kappa shape index (κ1) is 19.3. The highest BCUT2D eigenvalue weighted by Gasteiger charge is 2.32. The number of nitrogens with zero attached hydrogens (tertiary/aromatic N) is 5. The van der Waals surface area contributed by atoms with Crippen LogP contribution in [0.1, 0.15) is 27.9 Å². The minimum atomic E-state index is 0.0425. The van der Waals surface area contributed by atoms with Gasteiger partial charge in [-0.25, -0.2) is 9.67 Å². The Balaban J connectivity index is 1.57. The number of methoxy groups -OCH3 is 1. The van der Waals surface area contributed by atoms with E-state index in [2.05, 4.69) is 28.3 Å². The van der Waals surface area contributed by atoms with Crippen LogP contribution in [0.15, 0.2) is 29.8 Å². The van der Waals surface area contributed by atoms with Crippen molar-refractivity contribution in [3.05, 3.63) is 45.9 Å². The number of carbonyl (C=O) groups is 1. The minimum absolute atomic E-state index is 0.0425. The molecule has 2 aliphatic rings. The van der Waals surface area contributed by atoms with E-state index in [0.717, 1.165) is 62.5 Å². The lowest BCUT2D eigenvalue weighted by Gasteiger charge is -2.33. The van der Waals surface area contributed by atoms with E-state index in [-0.39, 0.29) is 5.91 Å². The van der Waals surface area contributed by atoms with Gasteiger partial charge in [-0.1, -0.05) is 6.92 Å². The van der Waals surface area contributed by atoms with Crippen LogP contribution < -0.4 is 4.74 Å². The van der Waals surface area contributed by atoms with Crippen LogP contribution in [0.3, 0.4) is 0 Å². The zero-order valence-corrected chi connectivity index (χ0v) is 18.1. The summed E-state index contributed by atoms with van der Waals surface area (Å²) in [6, 6.07) is 5.90. The van der Waals surface area contributed by atoms with Crippen molar-refractivity contribution in [2.24, 2.45) is 0 Å². The van der Waals surface area contributed by atoms with Gasteiger partial charge in [-0.05, 0) is 36.9 Å². The zero-order valence-electron chi connectivity index (χ0n) is 17.3. The van der Waals surface area contributed by atoms with Crippen molar-refractivity contribution in [3.63, 3.8) is 0 Å². The molecule has 1 amide bonds. The van der Waals surface area contributed by atoms with Crippen molar-refractivity contribution in [2.45, 2.75) is 19.8 Å². The number of amides is 1. The standard InChI is InChI=1S/C22H25N5O2S/c1-3-25-9-11-26(12-10-25)22(28)20-17-5-6-18-16(8-13-30-18)21(17)27(24-20)15-4-7-19(29-2)23-14-15/h4,7-8,13-14H,3,5-6,9-12H2,1-2H3. The van der Waals surface area contributed by atoms with E-state index in [1.54, 1.807) is 24.6 Å². The molecule has 1 aliphatic heterocycles. The molecular weight excluding hydrogens is 398 g/mol. The molecule has 1 aliphatic carbocycles. The largest absolute Gasteiger partial charge is 0.481 e. The fourth-order valence-corrected chi connectivity index (χ4v) is 5.22. The molecule has 156 valence electrons. The van der Waals surface area contributed by atoms with Crippen molar-refractivity contribution in [3.8, 4) is 22.8 Å². The van der Waals surface area contributed by atoms with Gasteiger partial charge in [0, 0.05) is 48.2 Å². The number of likely N-dealkylation sites (N-methyl/N-ethyl adjacent to an activating group) is 1. The Bertz CT molecular complexity index is 1060. The molecule has 0 atom stereocenters. The van der Waals surface area contributed by atoms with E-state index in [4.69, 9.17) is 9.84 Å². The van der Waals surface area contributed by atoms with Gasteiger partial charge in [0.1, 0.15) is 0 Å². The molecule has 8 heteroatoms. The Hall–Kier alpha value is -2.71. The van der Waals surface area contributed by atoms with Crippen molar-refractivity contribution in [2.75, 3.05) is 39.8 Å². The molecule has 30 heavy (non-hydrogen) atoms. The lowest BCUT2D eigenvalue weighted by Crippen LogP contribution is -2.48. The topological polar surface area (TPSA) is 63.5 Å². The second kappa shape index (κ2) is 7.85. The second-order valence-corrected chi connectivity index (χ2v) is 8.63. The van der Waals surface area contributed by atoms with Crippen molar-refractivity contribution in [1.29, 1.82) is 0 Å². The number of aryl methyl sites for hydroxylation is 1. The van der Waals surface area contributed by atoms with Crippen LogP contribution in [0, 0.1) is 0 Å². The third-order valence-electron chi connectivity index (χ3n) is 6.07. The maximum Gasteiger partial charge on any atom is 0.274 e. The molecule has 0 unspecified atom stereocenters. The first-order valence-electron chi connectivity index (χ1n) is 10.4. The summed E-state index contributed by atoms with van der Waals surface area (Å²) in [6.45, 7) is 6.53. The van der Waals surface area contributed by atoms with Gasteiger partial charge in [-0.15, -0.1) is 11.3 Å². The molecule has 0 bridgehead atoms. The van der Waals surface area contributed by atoms with E-state index in [9.17, 15) is 4.79 Å². The van der Waals surface area contributed by atoms with Crippen molar-refractivity contribution >= 4 is 17.2 Å². The Morgan fingerprint density at radius 3 is 2.70 bits per heavy atom. The van der Waals surface area contributed by atoms with Crippen LogP contribution in [0.5, 0.6) is 5.88 Å². The van der Waals surface area contributed by atoms with Gasteiger partial charge in [0.15, 0.2) is 5.69 Å². The number of fused-ring (bicyclic) bond motifs is 3. The third-order valence-corrected chi connectivity index (χ3v) is 7.05. The molecule has 0 saturated carbocycles. The first-order valence-corrected chi connectivity index (χ1v) is 11.3. The number of carbonyl (C=O) groups excluding carboxylic acids is 1. The smallest absolute Gasteiger partial charge is 0.274 e. The fraction of sp³-hybridized carbons (Fsp3) is 0.409. The molecule has 4 heterocycles. The molecule has 1 fully saturated rings. The third kappa shape index (κ3) is 3.20. The quantitative estimate of drug-likeness (QED) is 0.646. The number of aromatic nitrogens is 3. The van der Waals surface area contributed by atoms with Gasteiger partial charge < -0.3 is 14.5 Å². The minimum Gasteiger partial charge on any atom is -0.481 e. The SMILES string of the molecule is CCN1CCN(C(=O)c2nn(-c3ccc(OC)nc3)c3c2CCc2sccc2-3)CC1. The van der Waals surface area contributed by atoms with Crippen LogP contribution in [-0.2, 0) is 12.8 Å². The highest BCUT2D eigenvalue weighted by atomic mass is 32.1. The Morgan fingerprint density at radius 2 is 2.00 bits per heavy atom. The van der Waals surface area contributed by atoms with Gasteiger partial charge in [0.05, 0.1) is 24.7 Å². The number of thiophene rings is 1. The van der Waals surface area contributed by atoms with E-state index < -0.39 is 0 Å². The molecule has 5 rings (SSSR count). The number of ether oxygens (including phenoxy) is 1. The predicted molar refractivity (Wildman–Crippen MR) is 117 cm³/mol. The predicted octanol–water partition coefficient (Wildman–Crippen LogP) is 2.88. The summed E-state index contributed by atoms with van der Waals surface area (Å²) in [5.41, 5.74) is 4.68. The molecule has 1 saturated heterocycles. The zero-order chi connectivity index (χ0) is 20.7. The molecule has 0 spiro atoms. The summed E-state index contributed by atoms with van der Waals surface area (Å²) < 4.78 is 7.09. The van der Waals surface area contributed by atoms with Crippen molar-refractivity contribution < 1.29 is 9.53 Å². The number of hydrogen-bond acceptors (Lipinski definition) is 6. The summed E-state index contributed by atoms with van der Waals surface area (Å²) in [7, 11) is 1.60.